The largest absolute Gasteiger partial charge is 0.417 e. The van der Waals surface area contributed by atoms with Gasteiger partial charge in [-0.1, -0.05) is 34.1 Å². The molecule has 0 aliphatic carbocycles. The molecular weight excluding hydrogens is 372 g/mol. The summed E-state index contributed by atoms with van der Waals surface area (Å²) < 4.78 is 51.9. The fourth-order valence-electron chi connectivity index (χ4n) is 1.94. The fourth-order valence-corrected chi connectivity index (χ4v) is 2.68. The molecule has 0 nitrogen and oxygen atoms in total. The lowest BCUT2D eigenvalue weighted by Gasteiger charge is -2.15. The van der Waals surface area contributed by atoms with Gasteiger partial charge < -0.3 is 0 Å². The molecule has 0 heterocycles. The molecule has 0 spiro atoms. The quantitative estimate of drug-likeness (QED) is 0.426. The molecule has 0 fully saturated rings. The first-order valence-corrected chi connectivity index (χ1v) is 7.20. The number of halogens is 6. The number of hydrogen-bond acceptors (Lipinski definition) is 0. The lowest BCUT2D eigenvalue weighted by molar-refractivity contribution is -0.138. The Labute approximate surface area is 132 Å². The Morgan fingerprint density at radius 1 is 1.05 bits per heavy atom. The van der Waals surface area contributed by atoms with Crippen molar-refractivity contribution in [1.29, 1.82) is 0 Å². The van der Waals surface area contributed by atoms with E-state index in [1.807, 2.05) is 0 Å². The minimum Gasteiger partial charge on any atom is -0.207 e. The van der Waals surface area contributed by atoms with E-state index in [0.717, 1.165) is 6.07 Å². The number of benzene rings is 2. The van der Waals surface area contributed by atoms with Crippen LogP contribution in [-0.2, 0) is 6.18 Å². The number of alkyl halides is 4. The highest BCUT2D eigenvalue weighted by Crippen LogP contribution is 2.38. The van der Waals surface area contributed by atoms with Crippen LogP contribution in [0.5, 0.6) is 0 Å². The van der Waals surface area contributed by atoms with Gasteiger partial charge in [0.25, 0.3) is 0 Å². The van der Waals surface area contributed by atoms with Crippen LogP contribution in [0.15, 0.2) is 40.9 Å². The molecule has 1 atom stereocenters. The maximum atomic E-state index is 13.2. The maximum Gasteiger partial charge on any atom is 0.417 e. The van der Waals surface area contributed by atoms with Crippen LogP contribution in [0.1, 0.15) is 27.6 Å². The summed E-state index contributed by atoms with van der Waals surface area (Å²) in [5.74, 6) is -0.380. The van der Waals surface area contributed by atoms with Crippen LogP contribution in [0.2, 0.25) is 0 Å². The zero-order chi connectivity index (χ0) is 15.8. The smallest absolute Gasteiger partial charge is 0.207 e. The summed E-state index contributed by atoms with van der Waals surface area (Å²) >= 11 is 9.11. The minimum atomic E-state index is -4.47. The highest BCUT2D eigenvalue weighted by atomic mass is 79.9. The minimum absolute atomic E-state index is 0.0436. The molecule has 2 aromatic rings. The summed E-state index contributed by atoms with van der Waals surface area (Å²) in [6.45, 7) is 1.57. The summed E-state index contributed by atoms with van der Waals surface area (Å²) in [7, 11) is 0. The topological polar surface area (TPSA) is 0 Å². The second-order valence-corrected chi connectivity index (χ2v) is 5.90. The Bertz CT molecular complexity index is 667. The van der Waals surface area contributed by atoms with Gasteiger partial charge in [-0.05, 0) is 41.8 Å². The molecule has 21 heavy (non-hydrogen) atoms. The van der Waals surface area contributed by atoms with E-state index in [4.69, 9.17) is 11.6 Å². The molecule has 0 saturated heterocycles. The maximum absolute atomic E-state index is 13.2. The molecule has 2 aromatic carbocycles. The van der Waals surface area contributed by atoms with Crippen molar-refractivity contribution >= 4 is 27.5 Å². The molecule has 0 amide bonds. The van der Waals surface area contributed by atoms with Gasteiger partial charge >= 0.3 is 6.18 Å². The summed E-state index contributed by atoms with van der Waals surface area (Å²) in [5.41, 5.74) is 0.458. The van der Waals surface area contributed by atoms with Gasteiger partial charge in [0, 0.05) is 4.47 Å². The molecular formula is C15H10BrClF4. The molecule has 2 rings (SSSR count). The second kappa shape index (κ2) is 5.97. The van der Waals surface area contributed by atoms with Crippen molar-refractivity contribution in [1.82, 2.24) is 0 Å². The van der Waals surface area contributed by atoms with Crippen molar-refractivity contribution in [2.24, 2.45) is 0 Å². The van der Waals surface area contributed by atoms with Crippen LogP contribution >= 0.6 is 27.5 Å². The van der Waals surface area contributed by atoms with Crippen LogP contribution in [0, 0.1) is 12.7 Å². The average Bonchev–Trinajstić information content (AvgIpc) is 2.40. The van der Waals surface area contributed by atoms with Crippen molar-refractivity contribution in [2.45, 2.75) is 18.5 Å². The zero-order valence-corrected chi connectivity index (χ0v) is 13.2. The van der Waals surface area contributed by atoms with Crippen molar-refractivity contribution in [3.63, 3.8) is 0 Å². The van der Waals surface area contributed by atoms with Gasteiger partial charge in [-0.2, -0.15) is 13.2 Å². The normalized spacial score (nSPS) is 13.3. The summed E-state index contributed by atoms with van der Waals surface area (Å²) in [4.78, 5) is 0. The van der Waals surface area contributed by atoms with Crippen LogP contribution in [-0.4, -0.2) is 0 Å². The number of hydrogen-bond donors (Lipinski definition) is 0. The molecule has 1 unspecified atom stereocenters. The molecule has 6 heteroatoms. The Kier molecular flexibility index (Phi) is 4.63. The van der Waals surface area contributed by atoms with E-state index in [0.29, 0.717) is 16.7 Å². The van der Waals surface area contributed by atoms with Gasteiger partial charge in [0.15, 0.2) is 0 Å². The summed E-state index contributed by atoms with van der Waals surface area (Å²) in [5, 5.41) is -0.779. The van der Waals surface area contributed by atoms with E-state index >= 15 is 0 Å². The first-order valence-electron chi connectivity index (χ1n) is 5.97. The monoisotopic (exact) mass is 380 g/mol. The molecule has 0 bridgehead atoms. The SMILES string of the molecule is Cc1cc(C(Cl)c2ccc(Br)c(C(F)(F)F)c2)ccc1F. The third-order valence-corrected chi connectivity index (χ3v) is 4.26. The van der Waals surface area contributed by atoms with Gasteiger partial charge in [0.1, 0.15) is 5.82 Å². The van der Waals surface area contributed by atoms with Gasteiger partial charge in [-0.15, -0.1) is 11.6 Å². The van der Waals surface area contributed by atoms with Crippen LogP contribution in [0.25, 0.3) is 0 Å². The average molecular weight is 382 g/mol. The Balaban J connectivity index is 2.44. The van der Waals surface area contributed by atoms with Gasteiger partial charge in [0.2, 0.25) is 0 Å². The molecule has 112 valence electrons. The Morgan fingerprint density at radius 2 is 1.62 bits per heavy atom. The third kappa shape index (κ3) is 3.58. The predicted molar refractivity (Wildman–Crippen MR) is 78.0 cm³/mol. The van der Waals surface area contributed by atoms with Crippen LogP contribution < -0.4 is 0 Å². The predicted octanol–water partition coefficient (Wildman–Crippen LogP) is 6.24. The molecule has 0 aliphatic heterocycles. The van der Waals surface area contributed by atoms with E-state index in [1.54, 1.807) is 6.92 Å². The first kappa shape index (κ1) is 16.3. The zero-order valence-electron chi connectivity index (χ0n) is 10.8. The molecule has 0 radical (unpaired) electrons. The van der Waals surface area contributed by atoms with Crippen molar-refractivity contribution < 1.29 is 17.6 Å². The van der Waals surface area contributed by atoms with Crippen molar-refractivity contribution in [2.75, 3.05) is 0 Å². The van der Waals surface area contributed by atoms with Gasteiger partial charge in [-0.25, -0.2) is 4.39 Å². The molecule has 0 saturated carbocycles. The van der Waals surface area contributed by atoms with Gasteiger partial charge in [-0.3, -0.25) is 0 Å². The second-order valence-electron chi connectivity index (χ2n) is 4.61. The Hall–Kier alpha value is -1.07. The highest BCUT2D eigenvalue weighted by molar-refractivity contribution is 9.10. The standard InChI is InChI=1S/C15H10BrClF4/c1-8-6-9(3-5-13(8)18)14(17)10-2-4-12(16)11(7-10)15(19,20)21/h2-7,14H,1H3. The molecule has 0 aliphatic rings. The van der Waals surface area contributed by atoms with Crippen LogP contribution in [0.3, 0.4) is 0 Å². The fraction of sp³-hybridized carbons (Fsp3) is 0.200. The third-order valence-electron chi connectivity index (χ3n) is 3.06. The highest BCUT2D eigenvalue weighted by Gasteiger charge is 2.33. The van der Waals surface area contributed by atoms with E-state index in [1.165, 1.54) is 30.3 Å². The Morgan fingerprint density at radius 3 is 2.19 bits per heavy atom. The van der Waals surface area contributed by atoms with Crippen LogP contribution in [0.4, 0.5) is 17.6 Å². The van der Waals surface area contributed by atoms with Crippen molar-refractivity contribution in [3.8, 4) is 0 Å². The van der Waals surface area contributed by atoms with E-state index < -0.39 is 17.1 Å². The summed E-state index contributed by atoms with van der Waals surface area (Å²) in [6.07, 6.45) is -4.47. The van der Waals surface area contributed by atoms with E-state index in [-0.39, 0.29) is 10.3 Å². The lowest BCUT2D eigenvalue weighted by atomic mass is 10.0. The lowest BCUT2D eigenvalue weighted by Crippen LogP contribution is -2.07. The molecule has 0 aromatic heterocycles. The molecule has 0 N–H and O–H groups in total. The summed E-state index contributed by atoms with van der Waals surface area (Å²) in [6, 6.07) is 8.07. The van der Waals surface area contributed by atoms with Gasteiger partial charge in [0.05, 0.1) is 10.9 Å². The number of rotatable bonds is 2. The van der Waals surface area contributed by atoms with Crippen molar-refractivity contribution in [3.05, 3.63) is 68.9 Å². The van der Waals surface area contributed by atoms with E-state index in [2.05, 4.69) is 15.9 Å². The number of aryl methyl sites for hydroxylation is 1. The first-order chi connectivity index (χ1) is 9.70. The van der Waals surface area contributed by atoms with E-state index in [9.17, 15) is 17.6 Å².